The summed E-state index contributed by atoms with van der Waals surface area (Å²) in [6, 6.07) is 0. The van der Waals surface area contributed by atoms with Gasteiger partial charge in [-0.25, -0.2) is 0 Å². The third kappa shape index (κ3) is 10.3. The third-order valence-electron chi connectivity index (χ3n) is 5.51. The van der Waals surface area contributed by atoms with Crippen molar-refractivity contribution in [1.82, 2.24) is 0 Å². The number of hydrogen-bond donors (Lipinski definition) is 0. The van der Waals surface area contributed by atoms with Gasteiger partial charge in [0, 0.05) is 18.7 Å². The Morgan fingerprint density at radius 2 is 1.81 bits per heavy atom. The lowest BCUT2D eigenvalue weighted by Gasteiger charge is -2.32. The third-order valence-corrected chi connectivity index (χ3v) is 5.51. The van der Waals surface area contributed by atoms with Crippen LogP contribution < -0.4 is 0 Å². The Hall–Kier alpha value is -0.135. The van der Waals surface area contributed by atoms with Gasteiger partial charge in [-0.3, -0.25) is 0 Å². The molecule has 5 unspecified atom stereocenters. The lowest BCUT2D eigenvalue weighted by Crippen LogP contribution is -2.37. The Labute approximate surface area is 167 Å². The highest BCUT2D eigenvalue weighted by atomic mass is 16.7. The molecule has 5 nitrogen and oxygen atoms in total. The van der Waals surface area contributed by atoms with E-state index in [9.17, 15) is 0 Å². The predicted molar refractivity (Wildman–Crippen MR) is 110 cm³/mol. The summed E-state index contributed by atoms with van der Waals surface area (Å²) < 4.78 is 29.9. The maximum absolute atomic E-state index is 6.23. The Kier molecular flexibility index (Phi) is 10.7. The van der Waals surface area contributed by atoms with Crippen LogP contribution in [0.3, 0.4) is 0 Å². The van der Waals surface area contributed by atoms with E-state index in [0.29, 0.717) is 12.7 Å². The van der Waals surface area contributed by atoms with Gasteiger partial charge in [-0.2, -0.15) is 0 Å². The summed E-state index contributed by atoms with van der Waals surface area (Å²) in [7, 11) is 2.12. The number of ether oxygens (including phenoxy) is 5. The molecule has 0 spiro atoms. The van der Waals surface area contributed by atoms with Gasteiger partial charge in [0.2, 0.25) is 0 Å². The zero-order chi connectivity index (χ0) is 19.5. The first-order valence-electron chi connectivity index (χ1n) is 11.1. The van der Waals surface area contributed by atoms with E-state index < -0.39 is 0 Å². The zero-order valence-corrected chi connectivity index (χ0v) is 18.0. The van der Waals surface area contributed by atoms with Gasteiger partial charge < -0.3 is 23.7 Å². The molecule has 2 fully saturated rings. The molecule has 0 aromatic carbocycles. The lowest BCUT2D eigenvalue weighted by atomic mass is 9.80. The molecule has 2 rings (SSSR count). The first-order chi connectivity index (χ1) is 12.9. The van der Waals surface area contributed by atoms with Crippen molar-refractivity contribution in [2.24, 2.45) is 0 Å². The largest absolute Gasteiger partial charge is 0.378 e. The van der Waals surface area contributed by atoms with Crippen molar-refractivity contribution in [3.63, 3.8) is 0 Å². The van der Waals surface area contributed by atoms with E-state index in [1.54, 1.807) is 0 Å². The van der Waals surface area contributed by atoms with Gasteiger partial charge in [-0.15, -0.1) is 0 Å². The van der Waals surface area contributed by atoms with E-state index in [1.165, 1.54) is 19.3 Å². The van der Waals surface area contributed by atoms with Crippen LogP contribution in [-0.4, -0.2) is 58.0 Å². The van der Waals surface area contributed by atoms with Gasteiger partial charge in [-0.05, 0) is 72.1 Å². The van der Waals surface area contributed by atoms with Gasteiger partial charge in [0.25, 0.3) is 0 Å². The molecule has 0 aliphatic carbocycles. The molecule has 6 heteroatoms. The van der Waals surface area contributed by atoms with Crippen LogP contribution in [0, 0.1) is 0 Å². The Morgan fingerprint density at radius 1 is 1.00 bits per heavy atom. The number of rotatable bonds is 8. The molecule has 2 saturated heterocycles. The minimum absolute atomic E-state index is 0.0775. The van der Waals surface area contributed by atoms with Crippen molar-refractivity contribution in [3.05, 3.63) is 0 Å². The average Bonchev–Trinajstić information content (AvgIpc) is 2.54. The summed E-state index contributed by atoms with van der Waals surface area (Å²) >= 11 is 0. The molecule has 2 heterocycles. The summed E-state index contributed by atoms with van der Waals surface area (Å²) in [6.45, 7) is 8.48. The van der Waals surface area contributed by atoms with Crippen molar-refractivity contribution in [1.29, 1.82) is 0 Å². The second-order valence-corrected chi connectivity index (χ2v) is 8.73. The fourth-order valence-electron chi connectivity index (χ4n) is 3.75. The van der Waals surface area contributed by atoms with E-state index in [1.807, 2.05) is 6.92 Å². The van der Waals surface area contributed by atoms with Crippen LogP contribution >= 0.6 is 0 Å². The highest BCUT2D eigenvalue weighted by Crippen LogP contribution is 2.22. The van der Waals surface area contributed by atoms with Gasteiger partial charge in [0.05, 0.1) is 18.8 Å². The van der Waals surface area contributed by atoms with Crippen molar-refractivity contribution < 1.29 is 23.7 Å². The normalized spacial score (nSPS) is 31.7. The molecule has 5 atom stereocenters. The molecule has 158 valence electrons. The highest BCUT2D eigenvalue weighted by Gasteiger charge is 2.25. The van der Waals surface area contributed by atoms with Crippen molar-refractivity contribution in [2.75, 3.05) is 19.8 Å². The quantitative estimate of drug-likeness (QED) is 0.471. The molecule has 2 aliphatic rings. The second kappa shape index (κ2) is 12.4. The van der Waals surface area contributed by atoms with E-state index in [2.05, 4.69) is 21.7 Å². The highest BCUT2D eigenvalue weighted by molar-refractivity contribution is 6.14. The first-order valence-corrected chi connectivity index (χ1v) is 11.1. The minimum Gasteiger partial charge on any atom is -0.378 e. The summed E-state index contributed by atoms with van der Waals surface area (Å²) in [6.07, 6.45) is 11.4. The molecule has 0 N–H and O–H groups in total. The standard InChI is InChI=1S/C21H41BO5/c1-17-9-8-10-19(12-15-23-17)26-18(2)24-16-13-21(3,22)27-20-11-6-4-5-7-14-25-20/h17-20H,4-16,22H2,1-3H3. The van der Waals surface area contributed by atoms with E-state index in [0.717, 1.165) is 58.2 Å². The van der Waals surface area contributed by atoms with Crippen LogP contribution in [0.4, 0.5) is 0 Å². The monoisotopic (exact) mass is 384 g/mol. The van der Waals surface area contributed by atoms with Gasteiger partial charge in [0.1, 0.15) is 7.85 Å². The van der Waals surface area contributed by atoms with Gasteiger partial charge >= 0.3 is 0 Å². The summed E-state index contributed by atoms with van der Waals surface area (Å²) in [5.74, 6) is 0. The number of hydrogen-bond acceptors (Lipinski definition) is 5. The van der Waals surface area contributed by atoms with Gasteiger partial charge in [0.15, 0.2) is 12.6 Å². The zero-order valence-electron chi connectivity index (χ0n) is 18.0. The smallest absolute Gasteiger partial charge is 0.157 e. The molecule has 0 bridgehead atoms. The molecule has 2 aliphatic heterocycles. The van der Waals surface area contributed by atoms with Crippen LogP contribution in [0.15, 0.2) is 0 Å². The van der Waals surface area contributed by atoms with E-state index >= 15 is 0 Å². The van der Waals surface area contributed by atoms with E-state index in [4.69, 9.17) is 23.7 Å². The Balaban J connectivity index is 1.62. The molecule has 0 radical (unpaired) electrons. The molecular weight excluding hydrogens is 343 g/mol. The molecule has 0 amide bonds. The van der Waals surface area contributed by atoms with Crippen LogP contribution in [0.25, 0.3) is 0 Å². The Morgan fingerprint density at radius 3 is 2.67 bits per heavy atom. The maximum Gasteiger partial charge on any atom is 0.157 e. The molecule has 27 heavy (non-hydrogen) atoms. The van der Waals surface area contributed by atoms with E-state index in [-0.39, 0.29) is 24.2 Å². The second-order valence-electron chi connectivity index (χ2n) is 8.73. The van der Waals surface area contributed by atoms with Crippen molar-refractivity contribution in [2.45, 2.75) is 115 Å². The SMILES string of the molecule is BC(C)(CCOC(C)OC1CCCC(C)OCC1)OC1CCCCCCO1. The van der Waals surface area contributed by atoms with Crippen LogP contribution in [0.1, 0.15) is 85.0 Å². The lowest BCUT2D eigenvalue weighted by molar-refractivity contribution is -0.201. The van der Waals surface area contributed by atoms with Crippen LogP contribution in [0.5, 0.6) is 0 Å². The molecule has 0 aromatic rings. The Bertz CT molecular complexity index is 375. The summed E-state index contributed by atoms with van der Waals surface area (Å²) in [5.41, 5.74) is -0.256. The molecule has 0 aromatic heterocycles. The summed E-state index contributed by atoms with van der Waals surface area (Å²) in [4.78, 5) is 0. The summed E-state index contributed by atoms with van der Waals surface area (Å²) in [5, 5.41) is 0. The topological polar surface area (TPSA) is 46.2 Å². The minimum atomic E-state index is -0.256. The van der Waals surface area contributed by atoms with Crippen molar-refractivity contribution >= 4 is 7.85 Å². The first kappa shape index (κ1) is 23.1. The predicted octanol–water partition coefficient (Wildman–Crippen LogP) is 3.78. The maximum atomic E-state index is 6.23. The fraction of sp³-hybridized carbons (Fsp3) is 1.00. The average molecular weight is 384 g/mol. The fourth-order valence-corrected chi connectivity index (χ4v) is 3.75. The van der Waals surface area contributed by atoms with Gasteiger partial charge in [-0.1, -0.05) is 12.8 Å². The molecule has 0 saturated carbocycles. The van der Waals surface area contributed by atoms with Crippen LogP contribution in [-0.2, 0) is 23.7 Å². The van der Waals surface area contributed by atoms with Crippen LogP contribution in [0.2, 0.25) is 0 Å². The van der Waals surface area contributed by atoms with Crippen molar-refractivity contribution in [3.8, 4) is 0 Å². The molecular formula is C21H41BO5.